The van der Waals surface area contributed by atoms with Crippen LogP contribution in [0, 0.1) is 0 Å². The van der Waals surface area contributed by atoms with Crippen LogP contribution in [-0.2, 0) is 22.7 Å². The van der Waals surface area contributed by atoms with E-state index >= 15 is 0 Å². The summed E-state index contributed by atoms with van der Waals surface area (Å²) in [7, 11) is 0. The fourth-order valence-electron chi connectivity index (χ4n) is 15.2. The second-order valence-corrected chi connectivity index (χ2v) is 26.9. The lowest BCUT2D eigenvalue weighted by molar-refractivity contribution is 0.0464. The topological polar surface area (TPSA) is 128 Å². The Bertz CT molecular complexity index is 6010. The molecule has 0 saturated heterocycles. The van der Waals surface area contributed by atoms with E-state index in [0.717, 1.165) is 95.4 Å². The van der Waals surface area contributed by atoms with Crippen LogP contribution < -0.4 is 26.2 Å². The summed E-state index contributed by atoms with van der Waals surface area (Å²) in [6, 6.07) is 121. The van der Waals surface area contributed by atoms with Crippen LogP contribution >= 0.6 is 0 Å². The van der Waals surface area contributed by atoms with Crippen molar-refractivity contribution in [3.63, 3.8) is 0 Å². The Morgan fingerprint density at radius 1 is 0.296 bits per heavy atom. The monoisotopic (exact) mass is 1390 g/mol. The van der Waals surface area contributed by atoms with Crippen molar-refractivity contribution in [1.29, 1.82) is 0 Å². The molecule has 0 amide bonds. The quantitative estimate of drug-likeness (QED) is 0.0677. The fourth-order valence-corrected chi connectivity index (χ4v) is 15.2. The van der Waals surface area contributed by atoms with Gasteiger partial charge in [0.1, 0.15) is 13.2 Å². The number of nitrogens with zero attached hydrogens (tertiary/aromatic N) is 8. The highest BCUT2D eigenvalue weighted by Crippen LogP contribution is 2.47. The van der Waals surface area contributed by atoms with E-state index in [-0.39, 0.29) is 19.9 Å². The van der Waals surface area contributed by atoms with E-state index in [1.807, 2.05) is 176 Å². The number of carbonyl (C=O) groups excluding carboxylic acids is 2. The van der Waals surface area contributed by atoms with E-state index in [1.165, 1.54) is 16.4 Å². The first-order valence-electron chi connectivity index (χ1n) is 36.0. The van der Waals surface area contributed by atoms with Gasteiger partial charge in [-0.25, -0.2) is 34.5 Å². The van der Waals surface area contributed by atoms with Crippen LogP contribution in [-0.4, -0.2) is 48.1 Å². The number of hydrogen-bond acceptors (Lipinski definition) is 11. The minimum Gasteiger partial charge on any atom is -0.457 e. The molecule has 510 valence electrons. The van der Waals surface area contributed by atoms with Gasteiger partial charge in [0.05, 0.1) is 39.2 Å². The molecule has 14 aromatic carbocycles. The number of benzene rings is 14. The number of rotatable bonds is 16. The van der Waals surface area contributed by atoms with Gasteiger partial charge in [-0.2, -0.15) is 0 Å². The van der Waals surface area contributed by atoms with E-state index in [0.29, 0.717) is 67.7 Å². The maximum Gasteiger partial charge on any atom is 0.338 e. The summed E-state index contributed by atoms with van der Waals surface area (Å²) in [5, 5.41) is 1.41. The maximum absolute atomic E-state index is 14.2. The second kappa shape index (κ2) is 27.6. The fraction of sp³-hybridized carbons (Fsp3) is 0.0211. The highest BCUT2D eigenvalue weighted by molar-refractivity contribution is 7.00. The number of esters is 2. The molecular formula is C95H63BN8O4. The molecule has 0 spiro atoms. The zero-order valence-corrected chi connectivity index (χ0v) is 58.3. The maximum atomic E-state index is 14.2. The summed E-state index contributed by atoms with van der Waals surface area (Å²) in [6.07, 6.45) is 0. The van der Waals surface area contributed by atoms with Crippen molar-refractivity contribution in [3.8, 4) is 84.9 Å². The first-order chi connectivity index (χ1) is 53.4. The third-order valence-corrected chi connectivity index (χ3v) is 20.3. The molecule has 2 aliphatic rings. The summed E-state index contributed by atoms with van der Waals surface area (Å²) < 4.78 is 14.1. The molecule has 3 aromatic heterocycles. The van der Waals surface area contributed by atoms with Gasteiger partial charge in [0.2, 0.25) is 0 Å². The summed E-state index contributed by atoms with van der Waals surface area (Å²) in [5.74, 6) is 0.985. The second-order valence-electron chi connectivity index (χ2n) is 26.9. The standard InChI is InChI=1S/C95H63BN8O4/c105-94(107-60-62-26-8-1-9-27-62)70-49-52-82-75(55-70)76-56-71(95(106)108-61-63-28-10-2-11-29-63)50-53-83(76)104(82)84-51-48-69(93-100-91(66-32-14-4-15-33-66)99-92(101-93)67-34-16-5-17-35-67)54-77(84)81-59-80(65-30-12-3-13-31-65)97-90(98-81)68-46-44-64(45-47-68)72-57-87-89-88(58-72)103(74-38-20-7-21-39-74)86-43-25-23-41-79(86)96(89)78-40-22-24-42-85(78)102(87)73-36-18-6-19-37-73/h1-59H,60-61H2. The Kier molecular flexibility index (Phi) is 16.5. The molecule has 0 atom stereocenters. The van der Waals surface area contributed by atoms with Gasteiger partial charge in [0, 0.05) is 78.3 Å². The van der Waals surface area contributed by atoms with Gasteiger partial charge in [-0.05, 0) is 148 Å². The van der Waals surface area contributed by atoms with Crippen LogP contribution in [0.4, 0.5) is 34.1 Å². The SMILES string of the molecule is O=C(OCc1ccccc1)c1ccc2c(c1)c1cc(C(=O)OCc3ccccc3)ccc1n2-c1ccc(-c2nc(-c3ccccc3)nc(-c3ccccc3)n2)cc1-c1cc(-c2ccccc2)nc(-c2ccc(-c3cc4c5c(c3)N(c3ccccc3)c3ccccc3B5c3ccccc3N4c3ccccc3)cc2)n1. The minimum absolute atomic E-state index is 0.0307. The van der Waals surface area contributed by atoms with E-state index in [2.05, 4.69) is 184 Å². The number of hydrogen-bond donors (Lipinski definition) is 0. The van der Waals surface area contributed by atoms with Crippen LogP contribution in [0.25, 0.3) is 107 Å². The van der Waals surface area contributed by atoms with Crippen molar-refractivity contribution < 1.29 is 19.1 Å². The molecule has 0 fully saturated rings. The van der Waals surface area contributed by atoms with E-state index in [1.54, 1.807) is 12.1 Å². The molecule has 19 rings (SSSR count). The van der Waals surface area contributed by atoms with Crippen LogP contribution in [0.5, 0.6) is 0 Å². The van der Waals surface area contributed by atoms with E-state index < -0.39 is 11.9 Å². The molecule has 0 bridgehead atoms. The molecule has 0 aliphatic carbocycles. The molecule has 108 heavy (non-hydrogen) atoms. The van der Waals surface area contributed by atoms with Crippen molar-refractivity contribution in [1.82, 2.24) is 29.5 Å². The van der Waals surface area contributed by atoms with Crippen molar-refractivity contribution in [2.75, 3.05) is 9.80 Å². The average molecular weight is 1390 g/mol. The molecule has 0 unspecified atom stereocenters. The number of carbonyl (C=O) groups is 2. The van der Waals surface area contributed by atoms with Gasteiger partial charge in [-0.15, -0.1) is 0 Å². The third kappa shape index (κ3) is 12.0. The van der Waals surface area contributed by atoms with Gasteiger partial charge in [0.15, 0.2) is 23.3 Å². The largest absolute Gasteiger partial charge is 0.457 e. The zero-order valence-electron chi connectivity index (χ0n) is 58.3. The number of ether oxygens (including phenoxy) is 2. The Labute approximate surface area is 623 Å². The lowest BCUT2D eigenvalue weighted by Gasteiger charge is -2.44. The Balaban J connectivity index is 0.801. The van der Waals surface area contributed by atoms with Crippen molar-refractivity contribution in [2.24, 2.45) is 0 Å². The van der Waals surface area contributed by atoms with E-state index in [4.69, 9.17) is 34.4 Å². The normalized spacial score (nSPS) is 12.0. The van der Waals surface area contributed by atoms with Crippen LogP contribution in [0.1, 0.15) is 31.8 Å². The molecular weight excluding hydrogens is 1330 g/mol. The van der Waals surface area contributed by atoms with Crippen molar-refractivity contribution in [3.05, 3.63) is 380 Å². The first kappa shape index (κ1) is 64.4. The van der Waals surface area contributed by atoms with Gasteiger partial charge in [0.25, 0.3) is 6.71 Å². The predicted octanol–water partition coefficient (Wildman–Crippen LogP) is 20.2. The third-order valence-electron chi connectivity index (χ3n) is 20.3. The van der Waals surface area contributed by atoms with Crippen molar-refractivity contribution in [2.45, 2.75) is 13.2 Å². The molecule has 0 N–H and O–H groups in total. The lowest BCUT2D eigenvalue weighted by Crippen LogP contribution is -2.61. The Hall–Kier alpha value is -14.4. The highest BCUT2D eigenvalue weighted by Gasteiger charge is 2.43. The Morgan fingerprint density at radius 2 is 0.685 bits per heavy atom. The predicted molar refractivity (Wildman–Crippen MR) is 433 cm³/mol. The zero-order chi connectivity index (χ0) is 72.0. The van der Waals surface area contributed by atoms with Gasteiger partial charge >= 0.3 is 11.9 Å². The average Bonchev–Trinajstić information content (AvgIpc) is 0.822. The van der Waals surface area contributed by atoms with Gasteiger partial charge < -0.3 is 23.8 Å². The first-order valence-corrected chi connectivity index (χ1v) is 36.0. The number of fused-ring (bicyclic) bond motifs is 7. The van der Waals surface area contributed by atoms with Crippen molar-refractivity contribution >= 4 is 91.0 Å². The Morgan fingerprint density at radius 3 is 1.18 bits per heavy atom. The molecule has 12 nitrogen and oxygen atoms in total. The molecule has 5 heterocycles. The highest BCUT2D eigenvalue weighted by atomic mass is 16.5. The van der Waals surface area contributed by atoms with E-state index in [9.17, 15) is 9.59 Å². The lowest BCUT2D eigenvalue weighted by atomic mass is 9.33. The molecule has 13 heteroatoms. The number of para-hydroxylation sites is 4. The molecule has 17 aromatic rings. The minimum atomic E-state index is -0.491. The van der Waals surface area contributed by atoms with Crippen LogP contribution in [0.2, 0.25) is 0 Å². The summed E-state index contributed by atoms with van der Waals surface area (Å²) in [4.78, 5) is 60.1. The summed E-state index contributed by atoms with van der Waals surface area (Å²) in [6.45, 7) is 0.150. The molecule has 0 saturated carbocycles. The summed E-state index contributed by atoms with van der Waals surface area (Å²) >= 11 is 0. The summed E-state index contributed by atoms with van der Waals surface area (Å²) in [5.41, 5.74) is 23.1. The molecule has 0 radical (unpaired) electrons. The van der Waals surface area contributed by atoms with Gasteiger partial charge in [-0.1, -0.05) is 249 Å². The molecule has 2 aliphatic heterocycles. The van der Waals surface area contributed by atoms with Crippen LogP contribution in [0.3, 0.4) is 0 Å². The smallest absolute Gasteiger partial charge is 0.338 e. The number of anilines is 6. The number of aromatic nitrogens is 6. The van der Waals surface area contributed by atoms with Gasteiger partial charge in [-0.3, -0.25) is 0 Å². The van der Waals surface area contributed by atoms with Crippen LogP contribution in [0.15, 0.2) is 358 Å².